The summed E-state index contributed by atoms with van der Waals surface area (Å²) in [7, 11) is 0. The third-order valence-corrected chi connectivity index (χ3v) is 4.49. The highest BCUT2D eigenvalue weighted by Gasteiger charge is 2.32. The van der Waals surface area contributed by atoms with Crippen molar-refractivity contribution in [2.75, 3.05) is 0 Å². The van der Waals surface area contributed by atoms with Gasteiger partial charge in [0, 0.05) is 12.1 Å². The number of rotatable bonds is 6. The topological polar surface area (TPSA) is 56.2 Å². The fourth-order valence-electron chi connectivity index (χ4n) is 2.81. The first kappa shape index (κ1) is 20.7. The van der Waals surface area contributed by atoms with Crippen molar-refractivity contribution in [3.05, 3.63) is 82.1 Å². The van der Waals surface area contributed by atoms with Gasteiger partial charge in [-0.05, 0) is 18.6 Å². The maximum absolute atomic E-state index is 12.6. The van der Waals surface area contributed by atoms with Crippen LogP contribution >= 0.6 is 11.6 Å². The van der Waals surface area contributed by atoms with Crippen molar-refractivity contribution in [1.82, 2.24) is 15.1 Å². The SMILES string of the molecule is Cc1nn(Cc2ccccc2)c(Cl)c1C(=O)NCc1ccccc1OC(F)(F)F. The summed E-state index contributed by atoms with van der Waals surface area (Å²) in [5.41, 5.74) is 1.74. The van der Waals surface area contributed by atoms with E-state index in [4.69, 9.17) is 11.6 Å². The van der Waals surface area contributed by atoms with Gasteiger partial charge in [0.05, 0.1) is 17.8 Å². The number of carbonyl (C=O) groups is 1. The Labute approximate surface area is 170 Å². The van der Waals surface area contributed by atoms with Crippen LogP contribution in [0.15, 0.2) is 54.6 Å². The number of hydrogen-bond donors (Lipinski definition) is 1. The van der Waals surface area contributed by atoms with Crippen molar-refractivity contribution < 1.29 is 22.7 Å². The lowest BCUT2D eigenvalue weighted by atomic mass is 10.2. The molecule has 0 atom stereocenters. The molecular formula is C20H17ClF3N3O2. The number of benzene rings is 2. The summed E-state index contributed by atoms with van der Waals surface area (Å²) in [6.07, 6.45) is -4.82. The van der Waals surface area contributed by atoms with E-state index in [-0.39, 0.29) is 28.6 Å². The summed E-state index contributed by atoms with van der Waals surface area (Å²) in [5.74, 6) is -0.906. The molecule has 0 saturated heterocycles. The van der Waals surface area contributed by atoms with Gasteiger partial charge in [-0.1, -0.05) is 60.1 Å². The first-order chi connectivity index (χ1) is 13.7. The fourth-order valence-corrected chi connectivity index (χ4v) is 3.13. The maximum Gasteiger partial charge on any atom is 0.573 e. The highest BCUT2D eigenvalue weighted by atomic mass is 35.5. The molecule has 3 rings (SSSR count). The van der Waals surface area contributed by atoms with Crippen LogP contribution in [0.1, 0.15) is 27.2 Å². The number of ether oxygens (including phenoxy) is 1. The molecule has 1 aromatic heterocycles. The zero-order valence-electron chi connectivity index (χ0n) is 15.3. The van der Waals surface area contributed by atoms with Gasteiger partial charge in [0.1, 0.15) is 10.9 Å². The van der Waals surface area contributed by atoms with E-state index in [1.54, 1.807) is 13.0 Å². The molecule has 0 bridgehead atoms. The molecule has 5 nitrogen and oxygen atoms in total. The lowest BCUT2D eigenvalue weighted by molar-refractivity contribution is -0.274. The van der Waals surface area contributed by atoms with E-state index in [1.165, 1.54) is 22.9 Å². The van der Waals surface area contributed by atoms with Gasteiger partial charge >= 0.3 is 6.36 Å². The summed E-state index contributed by atoms with van der Waals surface area (Å²) >= 11 is 6.34. The molecule has 0 radical (unpaired) electrons. The predicted octanol–water partition coefficient (Wildman–Crippen LogP) is 4.72. The van der Waals surface area contributed by atoms with Crippen LogP contribution in [0.25, 0.3) is 0 Å². The van der Waals surface area contributed by atoms with Crippen molar-refractivity contribution in [1.29, 1.82) is 0 Å². The standard InChI is InChI=1S/C20H17ClF3N3O2/c1-13-17(18(21)27(26-13)12-14-7-3-2-4-8-14)19(28)25-11-15-9-5-6-10-16(15)29-20(22,23)24/h2-10H,11-12H2,1H3,(H,25,28). The van der Waals surface area contributed by atoms with Crippen molar-refractivity contribution in [2.45, 2.75) is 26.4 Å². The number of alkyl halides is 3. The molecular weight excluding hydrogens is 407 g/mol. The van der Waals surface area contributed by atoms with Crippen LogP contribution in [0.4, 0.5) is 13.2 Å². The Morgan fingerprint density at radius 2 is 1.79 bits per heavy atom. The van der Waals surface area contributed by atoms with Crippen molar-refractivity contribution in [2.24, 2.45) is 0 Å². The molecule has 1 amide bonds. The number of carbonyl (C=O) groups excluding carboxylic acids is 1. The van der Waals surface area contributed by atoms with Gasteiger partial charge in [-0.2, -0.15) is 5.10 Å². The number of halogens is 4. The van der Waals surface area contributed by atoms with Crippen LogP contribution in [0.5, 0.6) is 5.75 Å². The molecule has 29 heavy (non-hydrogen) atoms. The van der Waals surface area contributed by atoms with E-state index in [0.29, 0.717) is 12.2 Å². The lowest BCUT2D eigenvalue weighted by Crippen LogP contribution is -2.25. The smallest absolute Gasteiger partial charge is 0.405 e. The van der Waals surface area contributed by atoms with Crippen LogP contribution in [-0.2, 0) is 13.1 Å². The molecule has 3 aromatic rings. The van der Waals surface area contributed by atoms with Gasteiger partial charge in [0.25, 0.3) is 5.91 Å². The Balaban J connectivity index is 1.74. The summed E-state index contributed by atoms with van der Waals surface area (Å²) in [6, 6.07) is 15.1. The Morgan fingerprint density at radius 1 is 1.14 bits per heavy atom. The number of para-hydroxylation sites is 1. The second kappa shape index (κ2) is 8.57. The summed E-state index contributed by atoms with van der Waals surface area (Å²) in [5, 5.41) is 7.03. The highest BCUT2D eigenvalue weighted by molar-refractivity contribution is 6.33. The molecule has 152 valence electrons. The molecule has 0 spiro atoms. The lowest BCUT2D eigenvalue weighted by Gasteiger charge is -2.13. The minimum Gasteiger partial charge on any atom is -0.405 e. The number of aryl methyl sites for hydroxylation is 1. The van der Waals surface area contributed by atoms with Crippen molar-refractivity contribution in [3.8, 4) is 5.75 Å². The maximum atomic E-state index is 12.6. The first-order valence-corrected chi connectivity index (χ1v) is 9.01. The first-order valence-electron chi connectivity index (χ1n) is 8.63. The third kappa shape index (κ3) is 5.29. The van der Waals surface area contributed by atoms with E-state index < -0.39 is 12.3 Å². The van der Waals surface area contributed by atoms with E-state index in [2.05, 4.69) is 15.2 Å². The van der Waals surface area contributed by atoms with Crippen LogP contribution < -0.4 is 10.1 Å². The molecule has 0 saturated carbocycles. The van der Waals surface area contributed by atoms with E-state index in [1.807, 2.05) is 30.3 Å². The Bertz CT molecular complexity index is 1000. The van der Waals surface area contributed by atoms with Gasteiger partial charge in [0.2, 0.25) is 0 Å². The van der Waals surface area contributed by atoms with Gasteiger partial charge < -0.3 is 10.1 Å². The molecule has 1 heterocycles. The Kier molecular flexibility index (Phi) is 6.12. The zero-order valence-corrected chi connectivity index (χ0v) is 16.1. The second-order valence-electron chi connectivity index (χ2n) is 6.23. The summed E-state index contributed by atoms with van der Waals surface area (Å²) < 4.78 is 43.1. The monoisotopic (exact) mass is 423 g/mol. The quantitative estimate of drug-likeness (QED) is 0.624. The average molecular weight is 424 g/mol. The minimum atomic E-state index is -4.82. The third-order valence-electron chi connectivity index (χ3n) is 4.11. The number of amides is 1. The molecule has 0 aliphatic rings. The molecule has 0 aliphatic heterocycles. The normalized spacial score (nSPS) is 11.3. The molecule has 2 aromatic carbocycles. The Morgan fingerprint density at radius 3 is 2.48 bits per heavy atom. The van der Waals surface area contributed by atoms with E-state index in [0.717, 1.165) is 5.56 Å². The van der Waals surface area contributed by atoms with Crippen molar-refractivity contribution in [3.63, 3.8) is 0 Å². The van der Waals surface area contributed by atoms with Crippen LogP contribution in [0.2, 0.25) is 5.15 Å². The van der Waals surface area contributed by atoms with E-state index >= 15 is 0 Å². The number of hydrogen-bond acceptors (Lipinski definition) is 3. The van der Waals surface area contributed by atoms with Crippen LogP contribution in [0, 0.1) is 6.92 Å². The molecule has 1 N–H and O–H groups in total. The summed E-state index contributed by atoms with van der Waals surface area (Å²) in [4.78, 5) is 12.6. The summed E-state index contributed by atoms with van der Waals surface area (Å²) in [6.45, 7) is 1.86. The van der Waals surface area contributed by atoms with Gasteiger partial charge in [0.15, 0.2) is 0 Å². The largest absolute Gasteiger partial charge is 0.573 e. The van der Waals surface area contributed by atoms with Gasteiger partial charge in [-0.25, -0.2) is 4.68 Å². The molecule has 9 heteroatoms. The fraction of sp³-hybridized carbons (Fsp3) is 0.200. The second-order valence-corrected chi connectivity index (χ2v) is 6.59. The van der Waals surface area contributed by atoms with Crippen LogP contribution in [-0.4, -0.2) is 22.1 Å². The van der Waals surface area contributed by atoms with Gasteiger partial charge in [-0.15, -0.1) is 13.2 Å². The molecule has 0 aliphatic carbocycles. The number of nitrogens with one attached hydrogen (secondary N) is 1. The van der Waals surface area contributed by atoms with Gasteiger partial charge in [-0.3, -0.25) is 4.79 Å². The predicted molar refractivity (Wildman–Crippen MR) is 102 cm³/mol. The van der Waals surface area contributed by atoms with Crippen LogP contribution in [0.3, 0.4) is 0 Å². The average Bonchev–Trinajstić information content (AvgIpc) is 2.94. The van der Waals surface area contributed by atoms with Crippen molar-refractivity contribution >= 4 is 17.5 Å². The number of nitrogens with zero attached hydrogens (tertiary/aromatic N) is 2. The Hall–Kier alpha value is -3.00. The van der Waals surface area contributed by atoms with E-state index in [9.17, 15) is 18.0 Å². The number of aromatic nitrogens is 2. The molecule has 0 fully saturated rings. The highest BCUT2D eigenvalue weighted by Crippen LogP contribution is 2.26. The zero-order chi connectivity index (χ0) is 21.0. The minimum absolute atomic E-state index is 0.156. The molecule has 0 unspecified atom stereocenters.